The lowest BCUT2D eigenvalue weighted by molar-refractivity contribution is 0.104. The van der Waals surface area contributed by atoms with Crippen molar-refractivity contribution in [2.75, 3.05) is 0 Å². The number of benzene rings is 2. The molecule has 0 saturated heterocycles. The number of ether oxygens (including phenoxy) is 1. The molecule has 3 aromatic rings. The lowest BCUT2D eigenvalue weighted by Gasteiger charge is -2.03. The van der Waals surface area contributed by atoms with Crippen LogP contribution in [0.3, 0.4) is 0 Å². The van der Waals surface area contributed by atoms with Gasteiger partial charge in [0.25, 0.3) is 0 Å². The molecule has 5 heteroatoms. The molecule has 0 atom stereocenters. The molecule has 2 aromatic carbocycles. The van der Waals surface area contributed by atoms with Crippen LogP contribution in [0.15, 0.2) is 75.6 Å². The van der Waals surface area contributed by atoms with E-state index in [1.165, 1.54) is 6.08 Å². The van der Waals surface area contributed by atoms with Crippen LogP contribution in [0.4, 0.5) is 0 Å². The Morgan fingerprint density at radius 2 is 1.92 bits per heavy atom. The van der Waals surface area contributed by atoms with Gasteiger partial charge in [-0.05, 0) is 60.7 Å². The standard InChI is InChI=1S/C20H14BrClO3/c21-15-3-1-2-14(12-15)20(23)11-10-18-8-9-19(25-18)13-24-17-6-4-16(22)5-7-17/h1-12H,13H2/b11-10+. The van der Waals surface area contributed by atoms with Crippen molar-refractivity contribution in [3.05, 3.63) is 93.3 Å². The van der Waals surface area contributed by atoms with Crippen molar-refractivity contribution in [3.8, 4) is 5.75 Å². The minimum absolute atomic E-state index is 0.0864. The summed E-state index contributed by atoms with van der Waals surface area (Å²) in [6.45, 7) is 0.301. The number of allylic oxidation sites excluding steroid dienone is 1. The summed E-state index contributed by atoms with van der Waals surface area (Å²) in [7, 11) is 0. The maximum Gasteiger partial charge on any atom is 0.186 e. The van der Waals surface area contributed by atoms with Crippen LogP contribution in [-0.2, 0) is 6.61 Å². The first-order chi connectivity index (χ1) is 12.1. The second-order valence-electron chi connectivity index (χ2n) is 5.25. The zero-order chi connectivity index (χ0) is 17.6. The summed E-state index contributed by atoms with van der Waals surface area (Å²) in [6, 6.07) is 18.0. The predicted molar refractivity (Wildman–Crippen MR) is 102 cm³/mol. The first-order valence-electron chi connectivity index (χ1n) is 7.55. The van der Waals surface area contributed by atoms with Gasteiger partial charge in [-0.3, -0.25) is 4.79 Å². The molecule has 1 heterocycles. The number of halogens is 2. The van der Waals surface area contributed by atoms with Crippen LogP contribution in [0.5, 0.6) is 5.75 Å². The Hall–Kier alpha value is -2.30. The fourth-order valence-corrected chi connectivity index (χ4v) is 2.67. The highest BCUT2D eigenvalue weighted by atomic mass is 79.9. The van der Waals surface area contributed by atoms with E-state index in [-0.39, 0.29) is 5.78 Å². The molecule has 0 spiro atoms. The van der Waals surface area contributed by atoms with Crippen LogP contribution in [0.1, 0.15) is 21.9 Å². The zero-order valence-corrected chi connectivity index (χ0v) is 15.5. The van der Waals surface area contributed by atoms with E-state index in [0.29, 0.717) is 34.5 Å². The quantitative estimate of drug-likeness (QED) is 0.355. The van der Waals surface area contributed by atoms with Gasteiger partial charge in [0.1, 0.15) is 23.9 Å². The summed E-state index contributed by atoms with van der Waals surface area (Å²) < 4.78 is 12.1. The van der Waals surface area contributed by atoms with E-state index in [1.54, 1.807) is 48.5 Å². The Labute approximate surface area is 159 Å². The topological polar surface area (TPSA) is 39.4 Å². The van der Waals surface area contributed by atoms with E-state index in [2.05, 4.69) is 15.9 Å². The molecule has 0 aliphatic carbocycles. The van der Waals surface area contributed by atoms with Gasteiger partial charge in [-0.25, -0.2) is 0 Å². The molecule has 0 amide bonds. The number of hydrogen-bond donors (Lipinski definition) is 0. The Morgan fingerprint density at radius 1 is 1.12 bits per heavy atom. The number of rotatable bonds is 6. The van der Waals surface area contributed by atoms with Crippen molar-refractivity contribution in [2.24, 2.45) is 0 Å². The van der Waals surface area contributed by atoms with Gasteiger partial charge in [0.05, 0.1) is 0 Å². The van der Waals surface area contributed by atoms with Crippen LogP contribution in [0, 0.1) is 0 Å². The summed E-state index contributed by atoms with van der Waals surface area (Å²) in [5.74, 6) is 1.89. The average molecular weight is 418 g/mol. The van der Waals surface area contributed by atoms with Gasteiger partial charge in [-0.2, -0.15) is 0 Å². The summed E-state index contributed by atoms with van der Waals surface area (Å²) in [5.41, 5.74) is 0.614. The fraction of sp³-hybridized carbons (Fsp3) is 0.0500. The van der Waals surface area contributed by atoms with Gasteiger partial charge in [0.15, 0.2) is 5.78 Å². The summed E-state index contributed by atoms with van der Waals surface area (Å²) in [4.78, 5) is 12.1. The minimum Gasteiger partial charge on any atom is -0.486 e. The Balaban J connectivity index is 1.59. The Morgan fingerprint density at radius 3 is 2.68 bits per heavy atom. The molecule has 0 bridgehead atoms. The number of carbonyl (C=O) groups is 1. The molecule has 0 aliphatic heterocycles. The smallest absolute Gasteiger partial charge is 0.186 e. The minimum atomic E-state index is -0.0864. The highest BCUT2D eigenvalue weighted by Gasteiger charge is 2.04. The fourth-order valence-electron chi connectivity index (χ4n) is 2.14. The molecule has 126 valence electrons. The molecule has 1 aromatic heterocycles. The molecule has 0 aliphatic rings. The van der Waals surface area contributed by atoms with Gasteiger partial charge in [-0.15, -0.1) is 0 Å². The molecule has 3 nitrogen and oxygen atoms in total. The monoisotopic (exact) mass is 416 g/mol. The summed E-state index contributed by atoms with van der Waals surface area (Å²) in [6.07, 6.45) is 3.14. The van der Waals surface area contributed by atoms with Crippen molar-refractivity contribution in [3.63, 3.8) is 0 Å². The molecule has 0 fully saturated rings. The van der Waals surface area contributed by atoms with E-state index in [1.807, 2.05) is 18.2 Å². The highest BCUT2D eigenvalue weighted by Crippen LogP contribution is 2.18. The van der Waals surface area contributed by atoms with Gasteiger partial charge >= 0.3 is 0 Å². The maximum absolute atomic E-state index is 12.1. The molecule has 25 heavy (non-hydrogen) atoms. The number of carbonyl (C=O) groups excluding carboxylic acids is 1. The van der Waals surface area contributed by atoms with Gasteiger partial charge < -0.3 is 9.15 Å². The molecule has 0 N–H and O–H groups in total. The van der Waals surface area contributed by atoms with Gasteiger partial charge in [-0.1, -0.05) is 39.7 Å². The van der Waals surface area contributed by atoms with Crippen molar-refractivity contribution >= 4 is 39.4 Å². The van der Waals surface area contributed by atoms with Crippen LogP contribution >= 0.6 is 27.5 Å². The summed E-state index contributed by atoms with van der Waals surface area (Å²) >= 11 is 9.19. The molecule has 3 rings (SSSR count). The SMILES string of the molecule is O=C(/C=C/c1ccc(COc2ccc(Cl)cc2)o1)c1cccc(Br)c1. The largest absolute Gasteiger partial charge is 0.486 e. The molecular weight excluding hydrogens is 404 g/mol. The van der Waals surface area contributed by atoms with Gasteiger partial charge in [0.2, 0.25) is 0 Å². The third-order valence-electron chi connectivity index (χ3n) is 3.39. The van der Waals surface area contributed by atoms with E-state index in [4.69, 9.17) is 20.8 Å². The number of hydrogen-bond acceptors (Lipinski definition) is 3. The highest BCUT2D eigenvalue weighted by molar-refractivity contribution is 9.10. The number of furan rings is 1. The van der Waals surface area contributed by atoms with E-state index >= 15 is 0 Å². The van der Waals surface area contributed by atoms with Crippen molar-refractivity contribution in [1.82, 2.24) is 0 Å². The van der Waals surface area contributed by atoms with E-state index in [0.717, 1.165) is 4.47 Å². The lowest BCUT2D eigenvalue weighted by Crippen LogP contribution is -1.93. The predicted octanol–water partition coefficient (Wildman–Crippen LogP) is 6.17. The maximum atomic E-state index is 12.1. The van der Waals surface area contributed by atoms with Crippen LogP contribution in [-0.4, -0.2) is 5.78 Å². The lowest BCUT2D eigenvalue weighted by atomic mass is 10.1. The second kappa shape index (κ2) is 8.19. The molecule has 0 radical (unpaired) electrons. The summed E-state index contributed by atoms with van der Waals surface area (Å²) in [5, 5.41) is 0.660. The Bertz CT molecular complexity index is 897. The van der Waals surface area contributed by atoms with E-state index in [9.17, 15) is 4.79 Å². The third-order valence-corrected chi connectivity index (χ3v) is 4.13. The van der Waals surface area contributed by atoms with Crippen molar-refractivity contribution in [1.29, 1.82) is 0 Å². The molecular formula is C20H14BrClO3. The van der Waals surface area contributed by atoms with E-state index < -0.39 is 0 Å². The van der Waals surface area contributed by atoms with Crippen LogP contribution in [0.2, 0.25) is 5.02 Å². The molecule has 0 saturated carbocycles. The average Bonchev–Trinajstić information content (AvgIpc) is 3.07. The van der Waals surface area contributed by atoms with Gasteiger partial charge in [0, 0.05) is 15.1 Å². The first-order valence-corrected chi connectivity index (χ1v) is 8.72. The normalized spacial score (nSPS) is 11.0. The zero-order valence-electron chi connectivity index (χ0n) is 13.1. The van der Waals surface area contributed by atoms with Crippen LogP contribution < -0.4 is 4.74 Å². The van der Waals surface area contributed by atoms with Crippen molar-refractivity contribution < 1.29 is 13.9 Å². The first kappa shape index (κ1) is 17.5. The van der Waals surface area contributed by atoms with Crippen molar-refractivity contribution in [2.45, 2.75) is 6.61 Å². The van der Waals surface area contributed by atoms with Crippen LogP contribution in [0.25, 0.3) is 6.08 Å². The number of ketones is 1. The third kappa shape index (κ3) is 5.08. The molecule has 0 unspecified atom stereocenters. The Kier molecular flexibility index (Phi) is 5.74. The second-order valence-corrected chi connectivity index (χ2v) is 6.61.